The van der Waals surface area contributed by atoms with Crippen LogP contribution in [0, 0.1) is 0 Å². The molecule has 0 N–H and O–H groups in total. The Hall–Kier alpha value is -5.36. The van der Waals surface area contributed by atoms with Crippen molar-refractivity contribution in [2.45, 2.75) is 13.2 Å². The Labute approximate surface area is 278 Å². The van der Waals surface area contributed by atoms with E-state index in [1.54, 1.807) is 0 Å². The summed E-state index contributed by atoms with van der Waals surface area (Å²) in [6.07, 6.45) is 5.11. The minimum atomic E-state index is 0.497. The zero-order valence-corrected chi connectivity index (χ0v) is 26.7. The fourth-order valence-corrected chi connectivity index (χ4v) is 5.14. The Morgan fingerprint density at radius 3 is 1.47 bits per heavy atom. The SMILES string of the molecule is C=COCCOCc1ccc(C(=Cc2ccc(N(c3ccccc3)c3ccc(COCCOC=C)cc3)cc2)c2ccccc2)cc1. The molecule has 0 aliphatic rings. The van der Waals surface area contributed by atoms with Crippen LogP contribution in [-0.4, -0.2) is 26.4 Å². The summed E-state index contributed by atoms with van der Waals surface area (Å²) in [4.78, 5) is 2.26. The predicted octanol–water partition coefficient (Wildman–Crippen LogP) is 10.1. The van der Waals surface area contributed by atoms with E-state index in [0.29, 0.717) is 39.6 Å². The Kier molecular flexibility index (Phi) is 12.6. The number of hydrogen-bond acceptors (Lipinski definition) is 5. The van der Waals surface area contributed by atoms with Crippen molar-refractivity contribution in [1.82, 2.24) is 0 Å². The molecule has 238 valence electrons. The fourth-order valence-electron chi connectivity index (χ4n) is 5.14. The number of hydrogen-bond donors (Lipinski definition) is 0. The molecule has 0 saturated heterocycles. The first kappa shape index (κ1) is 33.0. The van der Waals surface area contributed by atoms with Crippen LogP contribution in [0.15, 0.2) is 159 Å². The highest BCUT2D eigenvalue weighted by Crippen LogP contribution is 2.35. The minimum Gasteiger partial charge on any atom is -0.499 e. The van der Waals surface area contributed by atoms with Crippen molar-refractivity contribution in [3.8, 4) is 0 Å². The van der Waals surface area contributed by atoms with Gasteiger partial charge in [0, 0.05) is 17.1 Å². The van der Waals surface area contributed by atoms with Crippen LogP contribution in [0.1, 0.15) is 27.8 Å². The van der Waals surface area contributed by atoms with Gasteiger partial charge in [0.15, 0.2) is 0 Å². The molecule has 0 bridgehead atoms. The highest BCUT2D eigenvalue weighted by atomic mass is 16.5. The van der Waals surface area contributed by atoms with E-state index < -0.39 is 0 Å². The van der Waals surface area contributed by atoms with Gasteiger partial charge in [0.05, 0.1) is 39.0 Å². The number of para-hydroxylation sites is 1. The van der Waals surface area contributed by atoms with Gasteiger partial charge in [-0.1, -0.05) is 110 Å². The van der Waals surface area contributed by atoms with E-state index in [1.807, 2.05) is 12.1 Å². The lowest BCUT2D eigenvalue weighted by Crippen LogP contribution is -2.10. The Morgan fingerprint density at radius 2 is 0.936 bits per heavy atom. The fraction of sp³-hybridized carbons (Fsp3) is 0.143. The molecule has 0 aliphatic carbocycles. The zero-order chi connectivity index (χ0) is 32.5. The van der Waals surface area contributed by atoms with Crippen molar-refractivity contribution < 1.29 is 18.9 Å². The van der Waals surface area contributed by atoms with Gasteiger partial charge in [0.1, 0.15) is 13.2 Å². The van der Waals surface area contributed by atoms with Crippen molar-refractivity contribution in [2.24, 2.45) is 0 Å². The van der Waals surface area contributed by atoms with Gasteiger partial charge in [-0.15, -0.1) is 0 Å². The van der Waals surface area contributed by atoms with Crippen LogP contribution < -0.4 is 4.90 Å². The summed E-state index contributed by atoms with van der Waals surface area (Å²) in [5.41, 5.74) is 10.0. The monoisotopic (exact) mass is 623 g/mol. The average Bonchev–Trinajstić information content (AvgIpc) is 3.13. The van der Waals surface area contributed by atoms with Gasteiger partial charge in [-0.2, -0.15) is 0 Å². The third kappa shape index (κ3) is 9.81. The number of rotatable bonds is 18. The van der Waals surface area contributed by atoms with Crippen molar-refractivity contribution in [3.63, 3.8) is 0 Å². The highest BCUT2D eigenvalue weighted by molar-refractivity contribution is 5.91. The summed E-state index contributed by atoms with van der Waals surface area (Å²) >= 11 is 0. The highest BCUT2D eigenvalue weighted by Gasteiger charge is 2.13. The molecule has 5 heteroatoms. The predicted molar refractivity (Wildman–Crippen MR) is 193 cm³/mol. The molecule has 0 saturated carbocycles. The maximum Gasteiger partial charge on any atom is 0.111 e. The lowest BCUT2D eigenvalue weighted by molar-refractivity contribution is 0.0750. The molecular weight excluding hydrogens is 582 g/mol. The molecule has 0 aromatic heterocycles. The molecule has 0 amide bonds. The first-order valence-electron chi connectivity index (χ1n) is 15.8. The van der Waals surface area contributed by atoms with Gasteiger partial charge in [-0.05, 0) is 75.9 Å². The van der Waals surface area contributed by atoms with Gasteiger partial charge >= 0.3 is 0 Å². The molecule has 47 heavy (non-hydrogen) atoms. The topological polar surface area (TPSA) is 40.2 Å². The van der Waals surface area contributed by atoms with E-state index in [2.05, 4.69) is 145 Å². The van der Waals surface area contributed by atoms with Crippen LogP contribution >= 0.6 is 0 Å². The molecule has 5 nitrogen and oxygen atoms in total. The largest absolute Gasteiger partial charge is 0.499 e. The summed E-state index contributed by atoms with van der Waals surface area (Å²) in [5, 5.41) is 0. The first-order chi connectivity index (χ1) is 23.2. The van der Waals surface area contributed by atoms with Crippen LogP contribution in [0.5, 0.6) is 0 Å². The molecule has 0 unspecified atom stereocenters. The van der Waals surface area contributed by atoms with Crippen LogP contribution in [0.25, 0.3) is 11.6 Å². The van der Waals surface area contributed by atoms with Crippen LogP contribution in [0.4, 0.5) is 17.1 Å². The second kappa shape index (κ2) is 18.0. The van der Waals surface area contributed by atoms with E-state index in [0.717, 1.165) is 50.5 Å². The third-order valence-electron chi connectivity index (χ3n) is 7.49. The van der Waals surface area contributed by atoms with E-state index in [4.69, 9.17) is 18.9 Å². The van der Waals surface area contributed by atoms with Crippen molar-refractivity contribution in [2.75, 3.05) is 31.3 Å². The van der Waals surface area contributed by atoms with E-state index in [-0.39, 0.29) is 0 Å². The molecule has 0 heterocycles. The van der Waals surface area contributed by atoms with E-state index in [9.17, 15) is 0 Å². The van der Waals surface area contributed by atoms with Crippen LogP contribution in [-0.2, 0) is 32.2 Å². The molecule has 5 aromatic rings. The summed E-state index contributed by atoms with van der Waals surface area (Å²) in [7, 11) is 0. The molecule has 5 aromatic carbocycles. The lowest BCUT2D eigenvalue weighted by Gasteiger charge is -2.25. The minimum absolute atomic E-state index is 0.497. The molecular formula is C42H41NO4. The van der Waals surface area contributed by atoms with Crippen LogP contribution in [0.3, 0.4) is 0 Å². The standard InChI is InChI=1S/C42H41NO4/c1-3-44-27-29-46-32-35-15-21-38(22-16-35)42(37-11-7-5-8-12-37)31-34-17-23-40(24-18-34)43(39-13-9-6-10-14-39)41-25-19-36(20-26-41)33-47-30-28-45-4-2/h3-26,31H,1-2,27-30,32-33H2. The van der Waals surface area contributed by atoms with E-state index >= 15 is 0 Å². The lowest BCUT2D eigenvalue weighted by atomic mass is 9.95. The first-order valence-corrected chi connectivity index (χ1v) is 15.8. The second-order valence-electron chi connectivity index (χ2n) is 10.7. The number of ether oxygens (including phenoxy) is 4. The van der Waals surface area contributed by atoms with Gasteiger partial charge in [-0.3, -0.25) is 0 Å². The summed E-state index contributed by atoms with van der Waals surface area (Å²) in [5.74, 6) is 0. The molecule has 0 spiro atoms. The Morgan fingerprint density at radius 1 is 0.489 bits per heavy atom. The van der Waals surface area contributed by atoms with E-state index in [1.165, 1.54) is 12.5 Å². The normalized spacial score (nSPS) is 11.1. The Balaban J connectivity index is 1.37. The summed E-state index contributed by atoms with van der Waals surface area (Å²) < 4.78 is 21.7. The van der Waals surface area contributed by atoms with Crippen molar-refractivity contribution >= 4 is 28.7 Å². The van der Waals surface area contributed by atoms with Crippen molar-refractivity contribution in [1.29, 1.82) is 0 Å². The Bertz CT molecular complexity index is 1680. The average molecular weight is 624 g/mol. The zero-order valence-electron chi connectivity index (χ0n) is 26.7. The summed E-state index contributed by atoms with van der Waals surface area (Å²) in [6, 6.07) is 46.7. The molecule has 0 fully saturated rings. The number of nitrogens with zero attached hydrogens (tertiary/aromatic N) is 1. The number of benzene rings is 5. The molecule has 0 aliphatic heterocycles. The maximum absolute atomic E-state index is 5.73. The molecule has 5 rings (SSSR count). The van der Waals surface area contributed by atoms with Crippen molar-refractivity contribution in [3.05, 3.63) is 187 Å². The van der Waals surface area contributed by atoms with Crippen LogP contribution in [0.2, 0.25) is 0 Å². The van der Waals surface area contributed by atoms with Gasteiger partial charge in [0.2, 0.25) is 0 Å². The molecule has 0 radical (unpaired) electrons. The maximum atomic E-state index is 5.73. The number of anilines is 3. The van der Waals surface area contributed by atoms with Gasteiger partial charge in [-0.25, -0.2) is 0 Å². The summed E-state index contributed by atoms with van der Waals surface area (Å²) in [6.45, 7) is 10.2. The smallest absolute Gasteiger partial charge is 0.111 e. The molecule has 0 atom stereocenters. The van der Waals surface area contributed by atoms with Gasteiger partial charge in [0.25, 0.3) is 0 Å². The second-order valence-corrected chi connectivity index (χ2v) is 10.7. The third-order valence-corrected chi connectivity index (χ3v) is 7.49. The van der Waals surface area contributed by atoms with Gasteiger partial charge < -0.3 is 23.8 Å². The quantitative estimate of drug-likeness (QED) is 0.0552.